The maximum absolute atomic E-state index is 12.3. The molecule has 1 aromatic rings. The summed E-state index contributed by atoms with van der Waals surface area (Å²) in [6, 6.07) is 0. The van der Waals surface area contributed by atoms with Crippen LogP contribution in [-0.4, -0.2) is 29.1 Å². The number of hydrogen-bond donors (Lipinski definition) is 2. The molecule has 0 spiro atoms. The lowest BCUT2D eigenvalue weighted by Crippen LogP contribution is -2.34. The minimum absolute atomic E-state index is 0.0275. The fourth-order valence-electron chi connectivity index (χ4n) is 2.77. The highest BCUT2D eigenvalue weighted by molar-refractivity contribution is 7.13. The van der Waals surface area contributed by atoms with Crippen molar-refractivity contribution in [3.05, 3.63) is 15.6 Å². The van der Waals surface area contributed by atoms with Gasteiger partial charge in [0, 0.05) is 19.1 Å². The number of thiazole rings is 1. The molecule has 118 valence electrons. The largest absolute Gasteiger partial charge is 0.396 e. The van der Waals surface area contributed by atoms with E-state index in [1.165, 1.54) is 25.7 Å². The van der Waals surface area contributed by atoms with E-state index in [4.69, 9.17) is 5.11 Å². The third-order valence-corrected chi connectivity index (χ3v) is 5.56. The van der Waals surface area contributed by atoms with E-state index in [1.54, 1.807) is 11.3 Å². The smallest absolute Gasteiger partial charge is 0.263 e. The maximum atomic E-state index is 12.3. The number of carbonyl (C=O) groups excluding carboxylic acids is 1. The van der Waals surface area contributed by atoms with E-state index in [9.17, 15) is 4.79 Å². The zero-order chi connectivity index (χ0) is 15.5. The second-order valence-electron chi connectivity index (χ2n) is 6.77. The van der Waals surface area contributed by atoms with Gasteiger partial charge in [0.2, 0.25) is 0 Å². The van der Waals surface area contributed by atoms with Gasteiger partial charge >= 0.3 is 0 Å². The summed E-state index contributed by atoms with van der Waals surface area (Å²) in [4.78, 5) is 17.7. The van der Waals surface area contributed by atoms with Crippen LogP contribution in [0.1, 0.15) is 72.2 Å². The molecule has 1 aliphatic carbocycles. The normalized spacial score (nSPS) is 16.4. The Kier molecular flexibility index (Phi) is 5.38. The lowest BCUT2D eigenvalue weighted by Gasteiger charge is -2.23. The van der Waals surface area contributed by atoms with Crippen LogP contribution in [-0.2, 0) is 0 Å². The van der Waals surface area contributed by atoms with E-state index in [0.29, 0.717) is 18.9 Å². The van der Waals surface area contributed by atoms with Gasteiger partial charge in [0.25, 0.3) is 5.91 Å². The van der Waals surface area contributed by atoms with E-state index >= 15 is 0 Å². The van der Waals surface area contributed by atoms with Gasteiger partial charge in [0.15, 0.2) is 0 Å². The number of aromatic nitrogens is 1. The van der Waals surface area contributed by atoms with Crippen LogP contribution < -0.4 is 5.32 Å². The van der Waals surface area contributed by atoms with E-state index in [1.807, 2.05) is 20.8 Å². The SMILES string of the molecule is Cc1nc(C2CCCC2)sc1C(=O)NCC(C)(C)CCO. The Morgan fingerprint density at radius 1 is 1.43 bits per heavy atom. The molecule has 0 saturated heterocycles. The van der Waals surface area contributed by atoms with Gasteiger partial charge in [-0.3, -0.25) is 4.79 Å². The molecule has 5 heteroatoms. The number of aliphatic hydroxyl groups excluding tert-OH is 1. The van der Waals surface area contributed by atoms with Gasteiger partial charge in [-0.25, -0.2) is 4.98 Å². The van der Waals surface area contributed by atoms with Gasteiger partial charge < -0.3 is 10.4 Å². The monoisotopic (exact) mass is 310 g/mol. The number of carbonyl (C=O) groups is 1. The molecule has 4 nitrogen and oxygen atoms in total. The Morgan fingerprint density at radius 2 is 2.10 bits per heavy atom. The van der Waals surface area contributed by atoms with E-state index in [2.05, 4.69) is 10.3 Å². The summed E-state index contributed by atoms with van der Waals surface area (Å²) in [5, 5.41) is 13.2. The van der Waals surface area contributed by atoms with Crippen LogP contribution in [0.4, 0.5) is 0 Å². The molecule has 0 bridgehead atoms. The van der Waals surface area contributed by atoms with Crippen LogP contribution >= 0.6 is 11.3 Å². The van der Waals surface area contributed by atoms with Crippen molar-refractivity contribution in [2.24, 2.45) is 5.41 Å². The van der Waals surface area contributed by atoms with Crippen molar-refractivity contribution < 1.29 is 9.90 Å². The highest BCUT2D eigenvalue weighted by Crippen LogP contribution is 2.37. The van der Waals surface area contributed by atoms with Crippen molar-refractivity contribution in [2.45, 2.75) is 58.8 Å². The van der Waals surface area contributed by atoms with Crippen LogP contribution in [0, 0.1) is 12.3 Å². The third-order valence-electron chi connectivity index (χ3n) is 4.24. The number of aliphatic hydroxyl groups is 1. The van der Waals surface area contributed by atoms with Crippen molar-refractivity contribution >= 4 is 17.2 Å². The minimum atomic E-state index is -0.0860. The molecule has 1 saturated carbocycles. The lowest BCUT2D eigenvalue weighted by molar-refractivity contribution is 0.0931. The highest BCUT2D eigenvalue weighted by Gasteiger charge is 2.25. The molecule has 1 heterocycles. The Hall–Kier alpha value is -0.940. The van der Waals surface area contributed by atoms with E-state index < -0.39 is 0 Å². The first-order valence-electron chi connectivity index (χ1n) is 7.79. The van der Waals surface area contributed by atoms with Crippen LogP contribution in [0.15, 0.2) is 0 Å². The summed E-state index contributed by atoms with van der Waals surface area (Å²) < 4.78 is 0. The van der Waals surface area contributed by atoms with Crippen LogP contribution in [0.2, 0.25) is 0 Å². The second-order valence-corrected chi connectivity index (χ2v) is 7.80. The average molecular weight is 310 g/mol. The predicted molar refractivity (Wildman–Crippen MR) is 85.9 cm³/mol. The summed E-state index contributed by atoms with van der Waals surface area (Å²) in [6.07, 6.45) is 5.65. The Balaban J connectivity index is 1.99. The second kappa shape index (κ2) is 6.88. The van der Waals surface area contributed by atoms with Gasteiger partial charge in [-0.05, 0) is 31.6 Å². The standard InChI is InChI=1S/C16H26N2O2S/c1-11-13(14(20)17-10-16(2,3)8-9-19)21-15(18-11)12-6-4-5-7-12/h12,19H,4-10H2,1-3H3,(H,17,20). The molecule has 1 fully saturated rings. The fourth-order valence-corrected chi connectivity index (χ4v) is 3.92. The van der Waals surface area contributed by atoms with Gasteiger partial charge in [-0.15, -0.1) is 11.3 Å². The van der Waals surface area contributed by atoms with Crippen LogP contribution in [0.5, 0.6) is 0 Å². The molecule has 21 heavy (non-hydrogen) atoms. The number of amides is 1. The molecular weight excluding hydrogens is 284 g/mol. The van der Waals surface area contributed by atoms with Crippen LogP contribution in [0.25, 0.3) is 0 Å². The maximum Gasteiger partial charge on any atom is 0.263 e. The lowest BCUT2D eigenvalue weighted by atomic mass is 9.90. The Bertz CT molecular complexity index is 490. The van der Waals surface area contributed by atoms with Gasteiger partial charge in [0.05, 0.1) is 10.7 Å². The summed E-state index contributed by atoms with van der Waals surface area (Å²) >= 11 is 1.56. The highest BCUT2D eigenvalue weighted by atomic mass is 32.1. The summed E-state index contributed by atoms with van der Waals surface area (Å²) in [5.41, 5.74) is 0.761. The first-order valence-corrected chi connectivity index (χ1v) is 8.61. The Morgan fingerprint density at radius 3 is 2.71 bits per heavy atom. The summed E-state index contributed by atoms with van der Waals surface area (Å²) in [6.45, 7) is 6.74. The predicted octanol–water partition coefficient (Wildman–Crippen LogP) is 3.25. The number of rotatable bonds is 6. The number of nitrogens with one attached hydrogen (secondary N) is 1. The fraction of sp³-hybridized carbons (Fsp3) is 0.750. The molecule has 2 N–H and O–H groups in total. The molecule has 2 rings (SSSR count). The average Bonchev–Trinajstić information content (AvgIpc) is 3.05. The molecule has 0 aromatic carbocycles. The first kappa shape index (κ1) is 16.4. The van der Waals surface area contributed by atoms with Gasteiger partial charge in [-0.2, -0.15) is 0 Å². The zero-order valence-corrected chi connectivity index (χ0v) is 14.1. The number of aryl methyl sites for hydroxylation is 1. The van der Waals surface area contributed by atoms with Crippen molar-refractivity contribution in [3.8, 4) is 0 Å². The number of hydrogen-bond acceptors (Lipinski definition) is 4. The summed E-state index contributed by atoms with van der Waals surface area (Å²) in [5.74, 6) is 0.529. The topological polar surface area (TPSA) is 62.2 Å². The third kappa shape index (κ3) is 4.27. The zero-order valence-electron chi connectivity index (χ0n) is 13.2. The van der Waals surface area contributed by atoms with Crippen molar-refractivity contribution in [3.63, 3.8) is 0 Å². The van der Waals surface area contributed by atoms with Gasteiger partial charge in [0.1, 0.15) is 4.88 Å². The van der Waals surface area contributed by atoms with Crippen molar-refractivity contribution in [1.29, 1.82) is 0 Å². The Labute approximate surface area is 131 Å². The van der Waals surface area contributed by atoms with Gasteiger partial charge in [-0.1, -0.05) is 26.7 Å². The van der Waals surface area contributed by atoms with E-state index in [0.717, 1.165) is 15.6 Å². The minimum Gasteiger partial charge on any atom is -0.396 e. The first-order chi connectivity index (χ1) is 9.93. The molecule has 1 aliphatic rings. The molecular formula is C16H26N2O2S. The van der Waals surface area contributed by atoms with Crippen molar-refractivity contribution in [1.82, 2.24) is 10.3 Å². The molecule has 1 amide bonds. The molecule has 0 atom stereocenters. The number of nitrogens with zero attached hydrogens (tertiary/aromatic N) is 1. The van der Waals surface area contributed by atoms with Crippen molar-refractivity contribution in [2.75, 3.05) is 13.2 Å². The van der Waals surface area contributed by atoms with Crippen LogP contribution in [0.3, 0.4) is 0 Å². The quantitative estimate of drug-likeness (QED) is 0.848. The molecule has 0 radical (unpaired) electrons. The molecule has 0 aliphatic heterocycles. The molecule has 1 aromatic heterocycles. The summed E-state index contributed by atoms with van der Waals surface area (Å²) in [7, 11) is 0. The molecule has 0 unspecified atom stereocenters. The van der Waals surface area contributed by atoms with E-state index in [-0.39, 0.29) is 17.9 Å².